The third-order valence-corrected chi connectivity index (χ3v) is 2.78. The Morgan fingerprint density at radius 1 is 1.65 bits per heavy atom. The predicted molar refractivity (Wildman–Crippen MR) is 61.7 cm³/mol. The summed E-state index contributed by atoms with van der Waals surface area (Å²) in [6.07, 6.45) is 4.66. The first-order chi connectivity index (χ1) is 8.12. The molecule has 0 bridgehead atoms. The maximum atomic E-state index is 11.7. The summed E-state index contributed by atoms with van der Waals surface area (Å²) in [5.41, 5.74) is -0.923. The molecule has 0 spiro atoms. The number of hydrogen-bond donors (Lipinski definition) is 1. The van der Waals surface area contributed by atoms with Crippen LogP contribution in [-0.2, 0) is 11.3 Å². The average molecular weight is 235 g/mol. The number of hydrogen-bond acceptors (Lipinski definition) is 4. The molecule has 92 valence electrons. The molecule has 1 aromatic heterocycles. The fourth-order valence-corrected chi connectivity index (χ4v) is 1.28. The molecule has 1 aromatic rings. The van der Waals surface area contributed by atoms with E-state index >= 15 is 0 Å². The lowest BCUT2D eigenvalue weighted by atomic mass is 9.88. The van der Waals surface area contributed by atoms with Gasteiger partial charge in [0.25, 0.3) is 0 Å². The van der Waals surface area contributed by atoms with Crippen LogP contribution >= 0.6 is 0 Å². The highest BCUT2D eigenvalue weighted by molar-refractivity contribution is 5.84. The third-order valence-electron chi connectivity index (χ3n) is 2.78. The SMILES string of the molecule is CCC(C)(C#N)C(=O)NCCCn1ccnn1. The Bertz CT molecular complexity index is 394. The molecule has 1 atom stereocenters. The van der Waals surface area contributed by atoms with Gasteiger partial charge in [0.15, 0.2) is 0 Å². The highest BCUT2D eigenvalue weighted by atomic mass is 16.2. The van der Waals surface area contributed by atoms with E-state index in [-0.39, 0.29) is 5.91 Å². The van der Waals surface area contributed by atoms with E-state index in [1.165, 1.54) is 0 Å². The van der Waals surface area contributed by atoms with Crippen LogP contribution in [0.4, 0.5) is 0 Å². The number of amides is 1. The Balaban J connectivity index is 2.27. The van der Waals surface area contributed by atoms with Gasteiger partial charge in [0.2, 0.25) is 5.91 Å². The minimum absolute atomic E-state index is 0.207. The highest BCUT2D eigenvalue weighted by Crippen LogP contribution is 2.19. The second kappa shape index (κ2) is 5.99. The van der Waals surface area contributed by atoms with E-state index in [9.17, 15) is 4.79 Å². The highest BCUT2D eigenvalue weighted by Gasteiger charge is 2.30. The largest absolute Gasteiger partial charge is 0.355 e. The van der Waals surface area contributed by atoms with Crippen molar-refractivity contribution < 1.29 is 4.79 Å². The van der Waals surface area contributed by atoms with Crippen LogP contribution in [0.3, 0.4) is 0 Å². The van der Waals surface area contributed by atoms with Gasteiger partial charge in [-0.3, -0.25) is 9.48 Å². The zero-order valence-electron chi connectivity index (χ0n) is 10.2. The first-order valence-electron chi connectivity index (χ1n) is 5.66. The maximum Gasteiger partial charge on any atom is 0.240 e. The van der Waals surface area contributed by atoms with E-state index in [1.54, 1.807) is 24.0 Å². The minimum Gasteiger partial charge on any atom is -0.355 e. The molecule has 1 amide bonds. The van der Waals surface area contributed by atoms with Crippen molar-refractivity contribution in [1.82, 2.24) is 20.3 Å². The van der Waals surface area contributed by atoms with Gasteiger partial charge in [0.1, 0.15) is 5.41 Å². The lowest BCUT2D eigenvalue weighted by Crippen LogP contribution is -2.38. The molecule has 0 aliphatic heterocycles. The molecule has 1 unspecified atom stereocenters. The standard InChI is InChI=1S/C11H17N5O/c1-3-11(2,9-12)10(17)13-5-4-7-16-8-6-14-15-16/h6,8H,3-5,7H2,1-2H3,(H,13,17). The number of nitrogens with zero attached hydrogens (tertiary/aromatic N) is 4. The molecule has 6 nitrogen and oxygen atoms in total. The Kier molecular flexibility index (Phi) is 4.64. The molecular formula is C11H17N5O. The van der Waals surface area contributed by atoms with Gasteiger partial charge in [0.05, 0.1) is 12.3 Å². The summed E-state index contributed by atoms with van der Waals surface area (Å²) in [4.78, 5) is 11.7. The number of nitrogens with one attached hydrogen (secondary N) is 1. The van der Waals surface area contributed by atoms with Crippen molar-refractivity contribution in [1.29, 1.82) is 5.26 Å². The number of carbonyl (C=O) groups is 1. The Labute approximate surface area is 101 Å². The predicted octanol–water partition coefficient (Wildman–Crippen LogP) is 0.724. The number of rotatable bonds is 6. The molecule has 0 aromatic carbocycles. The summed E-state index contributed by atoms with van der Waals surface area (Å²) in [7, 11) is 0. The van der Waals surface area contributed by atoms with Crippen LogP contribution in [0.1, 0.15) is 26.7 Å². The van der Waals surface area contributed by atoms with Crippen LogP contribution in [-0.4, -0.2) is 27.4 Å². The van der Waals surface area contributed by atoms with E-state index in [2.05, 4.69) is 15.6 Å². The van der Waals surface area contributed by atoms with Gasteiger partial charge in [-0.25, -0.2) is 0 Å². The van der Waals surface area contributed by atoms with Gasteiger partial charge < -0.3 is 5.32 Å². The molecule has 1 N–H and O–H groups in total. The Morgan fingerprint density at radius 2 is 2.41 bits per heavy atom. The number of carbonyl (C=O) groups excluding carboxylic acids is 1. The van der Waals surface area contributed by atoms with Crippen LogP contribution < -0.4 is 5.32 Å². The van der Waals surface area contributed by atoms with Crippen molar-refractivity contribution >= 4 is 5.91 Å². The molecule has 0 saturated carbocycles. The lowest BCUT2D eigenvalue weighted by Gasteiger charge is -2.18. The van der Waals surface area contributed by atoms with Gasteiger partial charge >= 0.3 is 0 Å². The zero-order valence-corrected chi connectivity index (χ0v) is 10.2. The normalized spacial score (nSPS) is 13.7. The van der Waals surface area contributed by atoms with E-state index < -0.39 is 5.41 Å². The van der Waals surface area contributed by atoms with Crippen LogP contribution in [0, 0.1) is 16.7 Å². The van der Waals surface area contributed by atoms with Crippen molar-refractivity contribution in [3.8, 4) is 6.07 Å². The number of nitriles is 1. The van der Waals surface area contributed by atoms with Crippen LogP contribution in [0.5, 0.6) is 0 Å². The third kappa shape index (κ3) is 3.55. The monoisotopic (exact) mass is 235 g/mol. The Hall–Kier alpha value is -1.90. The van der Waals surface area contributed by atoms with Crippen molar-refractivity contribution in [3.05, 3.63) is 12.4 Å². The first kappa shape index (κ1) is 13.2. The minimum atomic E-state index is -0.923. The van der Waals surface area contributed by atoms with E-state index in [0.717, 1.165) is 6.42 Å². The average Bonchev–Trinajstić information content (AvgIpc) is 2.86. The molecule has 17 heavy (non-hydrogen) atoms. The van der Waals surface area contributed by atoms with Crippen molar-refractivity contribution in [2.45, 2.75) is 33.2 Å². The second-order valence-electron chi connectivity index (χ2n) is 4.07. The molecule has 1 heterocycles. The summed E-state index contributed by atoms with van der Waals surface area (Å²) in [6, 6.07) is 2.04. The summed E-state index contributed by atoms with van der Waals surface area (Å²) < 4.78 is 1.70. The Morgan fingerprint density at radius 3 is 2.94 bits per heavy atom. The molecule has 0 aliphatic rings. The van der Waals surface area contributed by atoms with Gasteiger partial charge in [-0.05, 0) is 19.8 Å². The second-order valence-corrected chi connectivity index (χ2v) is 4.07. The van der Waals surface area contributed by atoms with Crippen LogP contribution in [0.2, 0.25) is 0 Å². The fourth-order valence-electron chi connectivity index (χ4n) is 1.28. The lowest BCUT2D eigenvalue weighted by molar-refractivity contribution is -0.127. The van der Waals surface area contributed by atoms with Gasteiger partial charge in [0, 0.05) is 19.3 Å². The van der Waals surface area contributed by atoms with E-state index in [1.807, 2.05) is 13.0 Å². The van der Waals surface area contributed by atoms with Crippen LogP contribution in [0.15, 0.2) is 12.4 Å². The molecule has 1 rings (SSSR count). The van der Waals surface area contributed by atoms with Gasteiger partial charge in [-0.2, -0.15) is 5.26 Å². The van der Waals surface area contributed by atoms with Crippen molar-refractivity contribution in [2.75, 3.05) is 6.54 Å². The summed E-state index contributed by atoms with van der Waals surface area (Å²) in [5.74, 6) is -0.207. The van der Waals surface area contributed by atoms with Crippen molar-refractivity contribution in [3.63, 3.8) is 0 Å². The summed E-state index contributed by atoms with van der Waals surface area (Å²) in [5, 5.41) is 19.2. The maximum absolute atomic E-state index is 11.7. The quantitative estimate of drug-likeness (QED) is 0.736. The molecule has 0 saturated heterocycles. The topological polar surface area (TPSA) is 83.6 Å². The zero-order chi connectivity index (χ0) is 12.7. The molecule has 0 aliphatic carbocycles. The molecule has 0 fully saturated rings. The number of aryl methyl sites for hydroxylation is 1. The molecule has 0 radical (unpaired) electrons. The molecular weight excluding hydrogens is 218 g/mol. The van der Waals surface area contributed by atoms with Gasteiger partial charge in [-0.15, -0.1) is 5.10 Å². The molecule has 6 heteroatoms. The van der Waals surface area contributed by atoms with E-state index in [4.69, 9.17) is 5.26 Å². The summed E-state index contributed by atoms with van der Waals surface area (Å²) in [6.45, 7) is 4.73. The van der Waals surface area contributed by atoms with Crippen molar-refractivity contribution in [2.24, 2.45) is 5.41 Å². The summed E-state index contributed by atoms with van der Waals surface area (Å²) >= 11 is 0. The van der Waals surface area contributed by atoms with E-state index in [0.29, 0.717) is 19.5 Å². The number of aromatic nitrogens is 3. The van der Waals surface area contributed by atoms with Gasteiger partial charge in [-0.1, -0.05) is 12.1 Å². The first-order valence-corrected chi connectivity index (χ1v) is 5.66. The van der Waals surface area contributed by atoms with Crippen LogP contribution in [0.25, 0.3) is 0 Å². The smallest absolute Gasteiger partial charge is 0.240 e. The fraction of sp³-hybridized carbons (Fsp3) is 0.636.